The Hall–Kier alpha value is -1.23. The van der Waals surface area contributed by atoms with Crippen molar-refractivity contribution in [3.05, 3.63) is 28.3 Å². The van der Waals surface area contributed by atoms with Crippen LogP contribution in [-0.4, -0.2) is 10.00 Å². The summed E-state index contributed by atoms with van der Waals surface area (Å²) in [6.45, 7) is -0.290. The van der Waals surface area contributed by atoms with Gasteiger partial charge in [-0.05, 0) is 0 Å². The first kappa shape index (κ1) is 9.85. The van der Waals surface area contributed by atoms with Crippen molar-refractivity contribution < 1.29 is 23.5 Å². The highest BCUT2D eigenvalue weighted by molar-refractivity contribution is 7.32. The van der Waals surface area contributed by atoms with Gasteiger partial charge in [-0.15, -0.1) is 9.42 Å². The number of rotatable bonds is 3. The van der Waals surface area contributed by atoms with Gasteiger partial charge in [0.1, 0.15) is 12.0 Å². The maximum absolute atomic E-state index is 10.8. The molecule has 13 heavy (non-hydrogen) atoms. The van der Waals surface area contributed by atoms with Gasteiger partial charge in [-0.2, -0.15) is 0 Å². The van der Waals surface area contributed by atoms with Crippen LogP contribution < -0.4 is 5.43 Å². The Morgan fingerprint density at radius 1 is 1.62 bits per heavy atom. The molecule has 0 aromatic carbocycles. The Bertz CT molecular complexity index is 370. The topological polar surface area (TPSA) is 97.0 Å². The lowest BCUT2D eigenvalue weighted by molar-refractivity contribution is 0.242. The molecular weight excluding hydrogens is 199 g/mol. The minimum atomic E-state index is -2.72. The minimum absolute atomic E-state index is 0.0696. The lowest BCUT2D eigenvalue weighted by Crippen LogP contribution is -2.00. The van der Waals surface area contributed by atoms with Crippen LogP contribution in [0, 0.1) is 0 Å². The maximum Gasteiger partial charge on any atom is 0.695 e. The van der Waals surface area contributed by atoms with Crippen LogP contribution in [0.5, 0.6) is 5.75 Å². The third-order valence-electron chi connectivity index (χ3n) is 1.18. The molecule has 6 nitrogen and oxygen atoms in total. The molecule has 7 heteroatoms. The monoisotopic (exact) mass is 205 g/mol. The van der Waals surface area contributed by atoms with E-state index in [1.54, 1.807) is 0 Å². The predicted molar refractivity (Wildman–Crippen MR) is 41.3 cm³/mol. The van der Waals surface area contributed by atoms with E-state index in [0.717, 1.165) is 12.3 Å². The fourth-order valence-corrected chi connectivity index (χ4v) is 0.876. The van der Waals surface area contributed by atoms with Gasteiger partial charge in [-0.1, -0.05) is 0 Å². The zero-order valence-corrected chi connectivity index (χ0v) is 7.23. The van der Waals surface area contributed by atoms with Crippen LogP contribution in [0.1, 0.15) is 5.76 Å². The van der Waals surface area contributed by atoms with Crippen LogP contribution >= 0.6 is 8.25 Å². The van der Waals surface area contributed by atoms with Crippen LogP contribution in [0.15, 0.2) is 21.5 Å². The van der Waals surface area contributed by atoms with Gasteiger partial charge in [0.2, 0.25) is 5.43 Å². The van der Waals surface area contributed by atoms with Crippen LogP contribution in [0.3, 0.4) is 0 Å². The van der Waals surface area contributed by atoms with E-state index in [1.807, 2.05) is 0 Å². The van der Waals surface area contributed by atoms with Gasteiger partial charge >= 0.3 is 8.25 Å². The molecule has 0 aliphatic rings. The van der Waals surface area contributed by atoms with Gasteiger partial charge in [0, 0.05) is 10.6 Å². The van der Waals surface area contributed by atoms with Gasteiger partial charge < -0.3 is 9.52 Å². The average Bonchev–Trinajstić information content (AvgIpc) is 2.07. The summed E-state index contributed by atoms with van der Waals surface area (Å²) >= 11 is 0. The second kappa shape index (κ2) is 4.13. The van der Waals surface area contributed by atoms with Gasteiger partial charge in [-0.25, -0.2) is 0 Å². The van der Waals surface area contributed by atoms with Crippen LogP contribution in [0.2, 0.25) is 0 Å². The summed E-state index contributed by atoms with van der Waals surface area (Å²) in [5.41, 5.74) is -0.627. The van der Waals surface area contributed by atoms with Gasteiger partial charge in [0.05, 0.1) is 0 Å². The number of hydrogen-bond acceptors (Lipinski definition) is 5. The Morgan fingerprint density at radius 3 is 2.85 bits per heavy atom. The highest BCUT2D eigenvalue weighted by Crippen LogP contribution is 2.17. The van der Waals surface area contributed by atoms with Crippen LogP contribution in [-0.2, 0) is 15.7 Å². The standard InChI is InChI=1S/C6H5O6P/c7-5-1-4(2-12-13(9)10)11-3-6(5)8/h1,3H,2H2,(H-,8,9,10)/p+1. The third kappa shape index (κ3) is 2.95. The van der Waals surface area contributed by atoms with E-state index >= 15 is 0 Å². The smallest absolute Gasteiger partial charge is 0.502 e. The Balaban J connectivity index is 2.74. The van der Waals surface area contributed by atoms with Crippen molar-refractivity contribution in [1.82, 2.24) is 0 Å². The molecule has 0 saturated heterocycles. The molecule has 1 rings (SSSR count). The summed E-state index contributed by atoms with van der Waals surface area (Å²) < 4.78 is 19.0. The molecule has 1 unspecified atom stereocenters. The molecule has 0 radical (unpaired) electrons. The molecule has 1 heterocycles. The van der Waals surface area contributed by atoms with Gasteiger partial charge in [-0.3, -0.25) is 4.79 Å². The molecule has 0 fully saturated rings. The van der Waals surface area contributed by atoms with Crippen molar-refractivity contribution in [2.24, 2.45) is 0 Å². The SMILES string of the molecule is O=c1cc(CO[P+](=O)O)occ1O. The zero-order valence-electron chi connectivity index (χ0n) is 6.34. The van der Waals surface area contributed by atoms with Crippen LogP contribution in [0.25, 0.3) is 0 Å². The highest BCUT2D eigenvalue weighted by atomic mass is 31.1. The lowest BCUT2D eigenvalue weighted by atomic mass is 10.4. The second-order valence-corrected chi connectivity index (χ2v) is 2.84. The first-order valence-corrected chi connectivity index (χ1v) is 4.32. The van der Waals surface area contributed by atoms with Crippen molar-refractivity contribution in [3.63, 3.8) is 0 Å². The molecule has 0 saturated carbocycles. The Morgan fingerprint density at radius 2 is 2.31 bits per heavy atom. The first-order chi connectivity index (χ1) is 6.09. The summed E-state index contributed by atoms with van der Waals surface area (Å²) in [6.07, 6.45) is 0.839. The summed E-state index contributed by atoms with van der Waals surface area (Å²) in [5, 5.41) is 8.77. The zero-order chi connectivity index (χ0) is 9.84. The molecule has 0 bridgehead atoms. The van der Waals surface area contributed by atoms with E-state index in [2.05, 4.69) is 8.94 Å². The van der Waals surface area contributed by atoms with E-state index < -0.39 is 19.4 Å². The molecule has 1 aromatic heterocycles. The Labute approximate surface area is 73.3 Å². The summed E-state index contributed by atoms with van der Waals surface area (Å²) in [5.74, 6) is -0.447. The lowest BCUT2D eigenvalue weighted by Gasteiger charge is -1.93. The molecular formula is C6H6O6P+. The Kier molecular flexibility index (Phi) is 3.13. The number of aromatic hydroxyl groups is 1. The van der Waals surface area contributed by atoms with Crippen molar-refractivity contribution in [2.45, 2.75) is 6.61 Å². The highest BCUT2D eigenvalue weighted by Gasteiger charge is 2.13. The fraction of sp³-hybridized carbons (Fsp3) is 0.167. The molecule has 1 aromatic rings. The van der Waals surface area contributed by atoms with E-state index in [9.17, 15) is 9.36 Å². The van der Waals surface area contributed by atoms with E-state index in [0.29, 0.717) is 0 Å². The summed E-state index contributed by atoms with van der Waals surface area (Å²) in [7, 11) is -2.72. The molecule has 0 aliphatic carbocycles. The molecule has 0 amide bonds. The molecule has 0 aliphatic heterocycles. The van der Waals surface area contributed by atoms with E-state index in [1.165, 1.54) is 0 Å². The van der Waals surface area contributed by atoms with Crippen molar-refractivity contribution in [1.29, 1.82) is 0 Å². The predicted octanol–water partition coefficient (Wildman–Crippen LogP) is 0.512. The quantitative estimate of drug-likeness (QED) is 0.697. The largest absolute Gasteiger partial charge is 0.695 e. The van der Waals surface area contributed by atoms with Gasteiger partial charge in [0.25, 0.3) is 0 Å². The van der Waals surface area contributed by atoms with Crippen molar-refractivity contribution >= 4 is 8.25 Å². The second-order valence-electron chi connectivity index (χ2n) is 2.11. The minimum Gasteiger partial charge on any atom is -0.502 e. The first-order valence-electron chi connectivity index (χ1n) is 3.19. The van der Waals surface area contributed by atoms with Gasteiger partial charge in [0.15, 0.2) is 12.4 Å². The third-order valence-corrected chi connectivity index (χ3v) is 1.53. The molecule has 1 atom stereocenters. The van der Waals surface area contributed by atoms with Crippen LogP contribution in [0.4, 0.5) is 0 Å². The fourth-order valence-electron chi connectivity index (χ4n) is 0.638. The van der Waals surface area contributed by atoms with Crippen molar-refractivity contribution in [3.8, 4) is 5.75 Å². The van der Waals surface area contributed by atoms with Crippen molar-refractivity contribution in [2.75, 3.05) is 0 Å². The summed E-state index contributed by atoms with van der Waals surface area (Å²) in [4.78, 5) is 19.0. The number of hydrogen-bond donors (Lipinski definition) is 2. The maximum atomic E-state index is 10.8. The average molecular weight is 205 g/mol. The van der Waals surface area contributed by atoms with E-state index in [4.69, 9.17) is 10.00 Å². The summed E-state index contributed by atoms with van der Waals surface area (Å²) in [6, 6.07) is 0.980. The van der Waals surface area contributed by atoms with E-state index in [-0.39, 0.29) is 12.4 Å². The molecule has 0 spiro atoms. The normalized spacial score (nSPS) is 11.3. The molecule has 2 N–H and O–H groups in total. The molecule has 70 valence electrons.